The molecule has 2 fully saturated rings. The molecule has 3 heterocycles. The Bertz CT molecular complexity index is 871. The number of benzene rings is 1. The summed E-state index contributed by atoms with van der Waals surface area (Å²) in [6.07, 6.45) is 1.01. The van der Waals surface area contributed by atoms with Crippen LogP contribution in [-0.2, 0) is 9.47 Å². The Morgan fingerprint density at radius 3 is 2.60 bits per heavy atom. The Morgan fingerprint density at radius 1 is 1.20 bits per heavy atom. The number of rotatable bonds is 6. The number of ether oxygens (including phenoxy) is 2. The third-order valence-electron chi connectivity index (χ3n) is 6.09. The molecule has 0 aliphatic carbocycles. The summed E-state index contributed by atoms with van der Waals surface area (Å²) in [7, 11) is 0. The Labute approximate surface area is 176 Å². The van der Waals surface area contributed by atoms with Gasteiger partial charge < -0.3 is 14.8 Å². The molecule has 1 aromatic carbocycles. The molecule has 2 aromatic rings. The highest BCUT2D eigenvalue weighted by molar-refractivity contribution is 5.96. The number of hydrogen-bond donors (Lipinski definition) is 1. The van der Waals surface area contributed by atoms with Gasteiger partial charge in [-0.05, 0) is 44.5 Å². The quantitative estimate of drug-likeness (QED) is 0.781. The van der Waals surface area contributed by atoms with Crippen LogP contribution in [0.3, 0.4) is 0 Å². The first-order valence-corrected chi connectivity index (χ1v) is 10.5. The van der Waals surface area contributed by atoms with E-state index in [0.29, 0.717) is 23.7 Å². The second kappa shape index (κ2) is 9.24. The Kier molecular flexibility index (Phi) is 6.46. The van der Waals surface area contributed by atoms with Crippen molar-refractivity contribution in [3.63, 3.8) is 0 Å². The van der Waals surface area contributed by atoms with Crippen LogP contribution in [0.2, 0.25) is 0 Å². The first-order chi connectivity index (χ1) is 14.5. The summed E-state index contributed by atoms with van der Waals surface area (Å²) < 4.78 is 26.1. The highest BCUT2D eigenvalue weighted by Crippen LogP contribution is 2.23. The van der Waals surface area contributed by atoms with E-state index < -0.39 is 0 Å². The largest absolute Gasteiger partial charge is 0.381 e. The molecule has 0 spiro atoms. The summed E-state index contributed by atoms with van der Waals surface area (Å²) in [5.41, 5.74) is 2.69. The summed E-state index contributed by atoms with van der Waals surface area (Å²) in [6, 6.07) is 6.33. The van der Waals surface area contributed by atoms with Crippen molar-refractivity contribution in [2.75, 3.05) is 46.1 Å². The van der Waals surface area contributed by atoms with Crippen molar-refractivity contribution < 1.29 is 18.7 Å². The second-order valence-corrected chi connectivity index (χ2v) is 7.98. The third kappa shape index (κ3) is 4.40. The van der Waals surface area contributed by atoms with E-state index in [-0.39, 0.29) is 17.8 Å². The second-order valence-electron chi connectivity index (χ2n) is 7.98. The monoisotopic (exact) mass is 416 g/mol. The fourth-order valence-corrected chi connectivity index (χ4v) is 4.45. The molecule has 1 N–H and O–H groups in total. The lowest BCUT2D eigenvalue weighted by molar-refractivity contribution is 0.00166. The number of morpholine rings is 1. The molecule has 4 rings (SSSR count). The first-order valence-electron chi connectivity index (χ1n) is 10.5. The van der Waals surface area contributed by atoms with Gasteiger partial charge in [-0.2, -0.15) is 5.10 Å². The Morgan fingerprint density at radius 2 is 1.93 bits per heavy atom. The number of amides is 1. The summed E-state index contributed by atoms with van der Waals surface area (Å²) >= 11 is 0. The van der Waals surface area contributed by atoms with E-state index in [1.54, 1.807) is 16.8 Å². The summed E-state index contributed by atoms with van der Waals surface area (Å²) in [5.74, 6) is -0.0219. The molecule has 2 unspecified atom stereocenters. The van der Waals surface area contributed by atoms with Gasteiger partial charge in [-0.1, -0.05) is 0 Å². The van der Waals surface area contributed by atoms with Gasteiger partial charge >= 0.3 is 0 Å². The molecule has 0 radical (unpaired) electrons. The maximum atomic E-state index is 13.3. The number of nitrogens with one attached hydrogen (secondary N) is 1. The van der Waals surface area contributed by atoms with Crippen LogP contribution in [0.5, 0.6) is 0 Å². The minimum absolute atomic E-state index is 0.129. The molecule has 2 saturated heterocycles. The predicted octanol–water partition coefficient (Wildman–Crippen LogP) is 2.10. The zero-order chi connectivity index (χ0) is 21.1. The summed E-state index contributed by atoms with van der Waals surface area (Å²) in [5, 5.41) is 7.65. The lowest BCUT2D eigenvalue weighted by Gasteiger charge is -2.37. The number of nitrogens with zero attached hydrogens (tertiary/aromatic N) is 3. The molecule has 1 amide bonds. The molecule has 2 atom stereocenters. The summed E-state index contributed by atoms with van der Waals surface area (Å²) in [6.45, 7) is 8.96. The van der Waals surface area contributed by atoms with Gasteiger partial charge in [0.05, 0.1) is 42.5 Å². The van der Waals surface area contributed by atoms with E-state index in [9.17, 15) is 9.18 Å². The molecular formula is C22H29FN4O3. The topological polar surface area (TPSA) is 68.6 Å². The minimum atomic E-state index is -0.303. The van der Waals surface area contributed by atoms with Crippen molar-refractivity contribution in [1.82, 2.24) is 20.0 Å². The van der Waals surface area contributed by atoms with Gasteiger partial charge in [0.1, 0.15) is 5.82 Å². The highest BCUT2D eigenvalue weighted by atomic mass is 19.1. The van der Waals surface area contributed by atoms with Crippen LogP contribution in [0.1, 0.15) is 28.2 Å². The van der Waals surface area contributed by atoms with Crippen LogP contribution in [0.15, 0.2) is 24.3 Å². The van der Waals surface area contributed by atoms with Gasteiger partial charge in [0, 0.05) is 38.2 Å². The Hall–Kier alpha value is -2.29. The van der Waals surface area contributed by atoms with Crippen molar-refractivity contribution in [2.45, 2.75) is 26.3 Å². The SMILES string of the molecule is Cc1nn(-c2ccc(F)cc2)c(C)c1C(=O)NCC(C1CCOC1)N1CCOCC1. The molecule has 162 valence electrons. The number of aromatic nitrogens is 2. The predicted molar refractivity (Wildman–Crippen MR) is 110 cm³/mol. The van der Waals surface area contributed by atoms with Crippen LogP contribution in [0, 0.1) is 25.6 Å². The third-order valence-corrected chi connectivity index (χ3v) is 6.09. The van der Waals surface area contributed by atoms with E-state index in [1.807, 2.05) is 13.8 Å². The van der Waals surface area contributed by atoms with Gasteiger partial charge in [0.2, 0.25) is 0 Å². The van der Waals surface area contributed by atoms with E-state index in [0.717, 1.165) is 57.3 Å². The number of halogens is 1. The van der Waals surface area contributed by atoms with E-state index in [4.69, 9.17) is 9.47 Å². The van der Waals surface area contributed by atoms with Crippen molar-refractivity contribution in [3.8, 4) is 5.69 Å². The minimum Gasteiger partial charge on any atom is -0.381 e. The van der Waals surface area contributed by atoms with Gasteiger partial charge in [0.25, 0.3) is 5.91 Å². The molecule has 2 aliphatic rings. The standard InChI is InChI=1S/C22H29FN4O3/c1-15-21(16(2)27(25-15)19-5-3-18(23)4-6-19)22(28)24-13-20(17-7-10-30-14-17)26-8-11-29-12-9-26/h3-6,17,20H,7-14H2,1-2H3,(H,24,28). The van der Waals surface area contributed by atoms with Crippen LogP contribution in [0.25, 0.3) is 5.69 Å². The smallest absolute Gasteiger partial charge is 0.255 e. The molecule has 0 saturated carbocycles. The lowest BCUT2D eigenvalue weighted by atomic mass is 9.96. The van der Waals surface area contributed by atoms with Gasteiger partial charge in [-0.25, -0.2) is 9.07 Å². The zero-order valence-electron chi connectivity index (χ0n) is 17.6. The average molecular weight is 416 g/mol. The number of aryl methyl sites for hydroxylation is 1. The van der Waals surface area contributed by atoms with Gasteiger partial charge in [-0.3, -0.25) is 9.69 Å². The fraction of sp³-hybridized carbons (Fsp3) is 0.545. The Balaban J connectivity index is 1.49. The van der Waals surface area contributed by atoms with Crippen molar-refractivity contribution >= 4 is 5.91 Å². The van der Waals surface area contributed by atoms with Gasteiger partial charge in [-0.15, -0.1) is 0 Å². The number of hydrogen-bond acceptors (Lipinski definition) is 5. The number of carbonyl (C=O) groups excluding carboxylic acids is 1. The average Bonchev–Trinajstić information content (AvgIpc) is 3.38. The van der Waals surface area contributed by atoms with E-state index >= 15 is 0 Å². The highest BCUT2D eigenvalue weighted by Gasteiger charge is 2.32. The maximum absolute atomic E-state index is 13.3. The van der Waals surface area contributed by atoms with E-state index in [1.165, 1.54) is 12.1 Å². The molecule has 30 heavy (non-hydrogen) atoms. The van der Waals surface area contributed by atoms with Crippen LogP contribution in [0.4, 0.5) is 4.39 Å². The number of carbonyl (C=O) groups is 1. The summed E-state index contributed by atoms with van der Waals surface area (Å²) in [4.78, 5) is 15.5. The van der Waals surface area contributed by atoms with Crippen LogP contribution < -0.4 is 5.32 Å². The molecule has 0 bridgehead atoms. The van der Waals surface area contributed by atoms with Crippen molar-refractivity contribution in [2.24, 2.45) is 5.92 Å². The normalized spacial score (nSPS) is 21.0. The molecule has 8 heteroatoms. The van der Waals surface area contributed by atoms with Gasteiger partial charge in [0.15, 0.2) is 0 Å². The van der Waals surface area contributed by atoms with Crippen molar-refractivity contribution in [1.29, 1.82) is 0 Å². The fourth-order valence-electron chi connectivity index (χ4n) is 4.45. The van der Waals surface area contributed by atoms with Crippen LogP contribution in [-0.4, -0.2) is 72.7 Å². The maximum Gasteiger partial charge on any atom is 0.255 e. The first kappa shape index (κ1) is 21.0. The van der Waals surface area contributed by atoms with Crippen molar-refractivity contribution in [3.05, 3.63) is 47.0 Å². The molecular weight excluding hydrogens is 387 g/mol. The molecule has 1 aromatic heterocycles. The van der Waals surface area contributed by atoms with E-state index in [2.05, 4.69) is 15.3 Å². The molecule has 7 nitrogen and oxygen atoms in total. The zero-order valence-corrected chi connectivity index (χ0v) is 17.6. The molecule has 2 aliphatic heterocycles. The van der Waals surface area contributed by atoms with Crippen LogP contribution >= 0.6 is 0 Å². The lowest BCUT2D eigenvalue weighted by Crippen LogP contribution is -2.52.